The fraction of sp³-hybridized carbons (Fsp3) is 0.692. The largest absolute Gasteiger partial charge is 0.443 e. The van der Waals surface area contributed by atoms with Gasteiger partial charge in [0.15, 0.2) is 5.96 Å². The summed E-state index contributed by atoms with van der Waals surface area (Å²) in [5.41, 5.74) is -0.0104. The van der Waals surface area contributed by atoms with Crippen molar-refractivity contribution in [1.82, 2.24) is 15.6 Å². The molecule has 0 atom stereocenters. The van der Waals surface area contributed by atoms with Crippen molar-refractivity contribution in [2.24, 2.45) is 4.99 Å². The second-order valence-electron chi connectivity index (χ2n) is 5.21. The van der Waals surface area contributed by atoms with E-state index in [9.17, 15) is 0 Å². The van der Waals surface area contributed by atoms with E-state index in [-0.39, 0.29) is 29.4 Å². The van der Waals surface area contributed by atoms with Crippen LogP contribution in [0.2, 0.25) is 0 Å². The summed E-state index contributed by atoms with van der Waals surface area (Å²) in [6.45, 7) is 7.74. The zero-order valence-electron chi connectivity index (χ0n) is 12.8. The topological polar surface area (TPSA) is 62.5 Å². The lowest BCUT2D eigenvalue weighted by molar-refractivity contribution is 0.379. The Morgan fingerprint density at radius 1 is 1.40 bits per heavy atom. The fourth-order valence-corrected chi connectivity index (χ4v) is 1.70. The lowest BCUT2D eigenvalue weighted by atomic mass is 9.94. The second kappa shape index (κ2) is 9.49. The maximum Gasteiger partial charge on any atom is 0.213 e. The average Bonchev–Trinajstić information content (AvgIpc) is 2.82. The molecule has 0 bridgehead atoms. The van der Waals surface area contributed by atoms with Crippen molar-refractivity contribution in [3.05, 3.63) is 17.8 Å². The van der Waals surface area contributed by atoms with Crippen molar-refractivity contribution in [3.8, 4) is 0 Å². The highest BCUT2D eigenvalue weighted by molar-refractivity contribution is 14.0. The van der Waals surface area contributed by atoms with Gasteiger partial charge in [-0.3, -0.25) is 4.99 Å². The second-order valence-corrected chi connectivity index (χ2v) is 6.20. The quantitative estimate of drug-likeness (QED) is 0.337. The molecule has 2 N–H and O–H groups in total. The van der Waals surface area contributed by atoms with Crippen LogP contribution in [0.15, 0.2) is 15.6 Å². The maximum atomic E-state index is 5.71. The molecule has 0 saturated heterocycles. The number of halogens is 1. The molecule has 0 aliphatic rings. The number of rotatable bonds is 5. The third-order valence-corrected chi connectivity index (χ3v) is 3.13. The van der Waals surface area contributed by atoms with Gasteiger partial charge in [0, 0.05) is 24.8 Å². The molecule has 1 aromatic heterocycles. The van der Waals surface area contributed by atoms with Crippen molar-refractivity contribution < 1.29 is 4.42 Å². The minimum Gasteiger partial charge on any atom is -0.443 e. The van der Waals surface area contributed by atoms with Gasteiger partial charge in [0.2, 0.25) is 5.89 Å². The van der Waals surface area contributed by atoms with Crippen LogP contribution in [0, 0.1) is 0 Å². The normalized spacial score (nSPS) is 11.9. The van der Waals surface area contributed by atoms with Crippen LogP contribution in [-0.2, 0) is 12.0 Å². The Bertz CT molecular complexity index is 415. The number of nitrogens with zero attached hydrogens (tertiary/aromatic N) is 2. The van der Waals surface area contributed by atoms with Gasteiger partial charge in [-0.05, 0) is 6.26 Å². The van der Waals surface area contributed by atoms with Crippen molar-refractivity contribution in [3.63, 3.8) is 0 Å². The summed E-state index contributed by atoms with van der Waals surface area (Å²) < 4.78 is 5.71. The number of hydrogen-bond acceptors (Lipinski definition) is 4. The molecular weight excluding hydrogens is 387 g/mol. The Morgan fingerprint density at radius 2 is 2.10 bits per heavy atom. The van der Waals surface area contributed by atoms with Crippen molar-refractivity contribution >= 4 is 41.7 Å². The van der Waals surface area contributed by atoms with Gasteiger partial charge in [-0.25, -0.2) is 4.98 Å². The van der Waals surface area contributed by atoms with Crippen LogP contribution in [0.3, 0.4) is 0 Å². The lowest BCUT2D eigenvalue weighted by Crippen LogP contribution is -2.38. The van der Waals surface area contributed by atoms with Gasteiger partial charge in [0.1, 0.15) is 5.76 Å². The van der Waals surface area contributed by atoms with Crippen molar-refractivity contribution in [1.29, 1.82) is 0 Å². The standard InChI is InChI=1S/C13H24N4OS.HI/c1-13(2,3)10-8-16-11(18-10)9-17-12(14-4)15-6-7-19-5;/h8H,6-7,9H2,1-5H3,(H2,14,15,17);1H. The number of aliphatic imine (C=N–C) groups is 1. The summed E-state index contributed by atoms with van der Waals surface area (Å²) in [5, 5.41) is 6.41. The van der Waals surface area contributed by atoms with Gasteiger partial charge in [0.25, 0.3) is 0 Å². The molecule has 0 radical (unpaired) electrons. The van der Waals surface area contributed by atoms with Crippen LogP contribution in [0.5, 0.6) is 0 Å². The van der Waals surface area contributed by atoms with Gasteiger partial charge in [0.05, 0.1) is 12.7 Å². The van der Waals surface area contributed by atoms with E-state index in [0.29, 0.717) is 12.4 Å². The van der Waals surface area contributed by atoms with Crippen LogP contribution in [0.4, 0.5) is 0 Å². The van der Waals surface area contributed by atoms with E-state index in [1.165, 1.54) is 0 Å². The summed E-state index contributed by atoms with van der Waals surface area (Å²) in [4.78, 5) is 8.42. The molecule has 1 heterocycles. The molecule has 116 valence electrons. The van der Waals surface area contributed by atoms with E-state index >= 15 is 0 Å². The van der Waals surface area contributed by atoms with E-state index in [2.05, 4.69) is 47.6 Å². The predicted molar refractivity (Wildman–Crippen MR) is 97.2 cm³/mol. The highest BCUT2D eigenvalue weighted by Gasteiger charge is 2.19. The molecule has 0 amide bonds. The first kappa shape index (κ1) is 19.6. The number of thioether (sulfide) groups is 1. The Labute approximate surface area is 142 Å². The van der Waals surface area contributed by atoms with Gasteiger partial charge >= 0.3 is 0 Å². The van der Waals surface area contributed by atoms with Gasteiger partial charge in [-0.15, -0.1) is 24.0 Å². The molecule has 0 fully saturated rings. The van der Waals surface area contributed by atoms with Gasteiger partial charge in [-0.1, -0.05) is 20.8 Å². The summed E-state index contributed by atoms with van der Waals surface area (Å²) in [6, 6.07) is 0. The molecule has 1 aromatic rings. The molecule has 0 spiro atoms. The van der Waals surface area contributed by atoms with Gasteiger partial charge in [-0.2, -0.15) is 11.8 Å². The van der Waals surface area contributed by atoms with Crippen LogP contribution in [0.1, 0.15) is 32.4 Å². The lowest BCUT2D eigenvalue weighted by Gasteiger charge is -2.13. The van der Waals surface area contributed by atoms with Crippen LogP contribution in [0.25, 0.3) is 0 Å². The highest BCUT2D eigenvalue weighted by atomic mass is 127. The molecule has 7 heteroatoms. The molecular formula is C13H25IN4OS. The highest BCUT2D eigenvalue weighted by Crippen LogP contribution is 2.22. The molecule has 5 nitrogen and oxygen atoms in total. The molecule has 0 aromatic carbocycles. The summed E-state index contributed by atoms with van der Waals surface area (Å²) in [6.07, 6.45) is 3.87. The molecule has 20 heavy (non-hydrogen) atoms. The number of nitrogens with one attached hydrogen (secondary N) is 2. The van der Waals surface area contributed by atoms with Gasteiger partial charge < -0.3 is 15.1 Å². The zero-order valence-corrected chi connectivity index (χ0v) is 16.0. The Kier molecular flexibility index (Phi) is 9.28. The average molecular weight is 412 g/mol. The Hall–Kier alpha value is -0.440. The first-order valence-electron chi connectivity index (χ1n) is 6.36. The first-order chi connectivity index (χ1) is 8.97. The number of aromatic nitrogens is 1. The molecule has 1 rings (SSSR count). The first-order valence-corrected chi connectivity index (χ1v) is 7.75. The number of oxazole rings is 1. The summed E-state index contributed by atoms with van der Waals surface area (Å²) in [5.74, 6) is 3.39. The van der Waals surface area contributed by atoms with Crippen molar-refractivity contribution in [2.75, 3.05) is 25.6 Å². The Morgan fingerprint density at radius 3 is 2.60 bits per heavy atom. The zero-order chi connectivity index (χ0) is 14.3. The molecule has 0 saturated carbocycles. The molecule has 0 aliphatic heterocycles. The fourth-order valence-electron chi connectivity index (χ4n) is 1.39. The minimum atomic E-state index is -0.0104. The monoisotopic (exact) mass is 412 g/mol. The Balaban J connectivity index is 0.00000361. The number of hydrogen-bond donors (Lipinski definition) is 2. The number of guanidine groups is 1. The molecule has 0 unspecified atom stereocenters. The summed E-state index contributed by atoms with van der Waals surface area (Å²) in [7, 11) is 1.75. The minimum absolute atomic E-state index is 0. The van der Waals surface area contributed by atoms with E-state index in [1.54, 1.807) is 25.0 Å². The van der Waals surface area contributed by atoms with E-state index < -0.39 is 0 Å². The van der Waals surface area contributed by atoms with E-state index in [1.807, 2.05) is 0 Å². The van der Waals surface area contributed by atoms with E-state index in [4.69, 9.17) is 4.42 Å². The SMILES string of the molecule is CN=C(NCCSC)NCc1ncc(C(C)(C)C)o1.I. The smallest absolute Gasteiger partial charge is 0.213 e. The van der Waals surface area contributed by atoms with Crippen LogP contribution >= 0.6 is 35.7 Å². The van der Waals surface area contributed by atoms with E-state index in [0.717, 1.165) is 24.0 Å². The predicted octanol–water partition coefficient (Wildman–Crippen LogP) is 2.62. The maximum absolute atomic E-state index is 5.71. The molecule has 0 aliphatic carbocycles. The van der Waals surface area contributed by atoms with Crippen molar-refractivity contribution in [2.45, 2.75) is 32.7 Å². The third-order valence-electron chi connectivity index (χ3n) is 2.52. The van der Waals surface area contributed by atoms with Crippen LogP contribution in [-0.4, -0.2) is 36.5 Å². The third kappa shape index (κ3) is 6.83. The summed E-state index contributed by atoms with van der Waals surface area (Å²) >= 11 is 1.80. The van der Waals surface area contributed by atoms with Crippen LogP contribution < -0.4 is 10.6 Å².